The molecule has 0 bridgehead atoms. The number of hydrogen-bond donors (Lipinski definition) is 2. The molecule has 0 aromatic carbocycles. The summed E-state index contributed by atoms with van der Waals surface area (Å²) in [4.78, 5) is 22.8. The number of Topliss-reactive ketones (excluding diaryl/α,β-unsaturated/α-hetero) is 1. The van der Waals surface area contributed by atoms with E-state index in [-0.39, 0.29) is 11.5 Å². The van der Waals surface area contributed by atoms with Crippen LogP contribution in [0.15, 0.2) is 17.1 Å². The SMILES string of the molecule is CC(C)(C)C(=O)c1cc(=O)c(O)cn1O. The summed E-state index contributed by atoms with van der Waals surface area (Å²) in [5.74, 6) is -0.968. The van der Waals surface area contributed by atoms with Gasteiger partial charge in [-0.3, -0.25) is 9.59 Å². The van der Waals surface area contributed by atoms with E-state index in [2.05, 4.69) is 0 Å². The van der Waals surface area contributed by atoms with Crippen LogP contribution in [0, 0.1) is 5.41 Å². The van der Waals surface area contributed by atoms with Crippen molar-refractivity contribution in [3.8, 4) is 5.75 Å². The molecule has 1 aromatic rings. The number of rotatable bonds is 1. The van der Waals surface area contributed by atoms with E-state index in [1.807, 2.05) is 0 Å². The van der Waals surface area contributed by atoms with Crippen LogP contribution in [0.5, 0.6) is 5.75 Å². The molecule has 0 fully saturated rings. The van der Waals surface area contributed by atoms with Gasteiger partial charge >= 0.3 is 0 Å². The minimum absolute atomic E-state index is 0.134. The molecule has 1 aromatic heterocycles. The van der Waals surface area contributed by atoms with Crippen molar-refractivity contribution >= 4 is 5.78 Å². The first-order valence-electron chi connectivity index (χ1n) is 4.43. The lowest BCUT2D eigenvalue weighted by atomic mass is 9.89. The van der Waals surface area contributed by atoms with Crippen LogP contribution in [0.4, 0.5) is 0 Å². The van der Waals surface area contributed by atoms with Crippen LogP contribution in [0.2, 0.25) is 0 Å². The van der Waals surface area contributed by atoms with E-state index < -0.39 is 16.6 Å². The first-order valence-corrected chi connectivity index (χ1v) is 4.43. The summed E-state index contributed by atoms with van der Waals surface area (Å²) in [6.07, 6.45) is 0.807. The first kappa shape index (κ1) is 11.3. The topological polar surface area (TPSA) is 79.5 Å². The van der Waals surface area contributed by atoms with E-state index in [0.29, 0.717) is 4.73 Å². The highest BCUT2D eigenvalue weighted by Crippen LogP contribution is 2.20. The third-order valence-electron chi connectivity index (χ3n) is 1.93. The van der Waals surface area contributed by atoms with E-state index in [4.69, 9.17) is 5.11 Å². The molecule has 0 aliphatic rings. The van der Waals surface area contributed by atoms with Gasteiger partial charge in [0.05, 0.1) is 6.20 Å². The fourth-order valence-corrected chi connectivity index (χ4v) is 1.07. The molecule has 1 heterocycles. The Hall–Kier alpha value is -1.78. The molecule has 2 N–H and O–H groups in total. The van der Waals surface area contributed by atoms with Crippen molar-refractivity contribution in [1.82, 2.24) is 4.73 Å². The molecular weight excluding hydrogens is 198 g/mol. The van der Waals surface area contributed by atoms with Gasteiger partial charge in [0.1, 0.15) is 5.69 Å². The fourth-order valence-electron chi connectivity index (χ4n) is 1.07. The summed E-state index contributed by atoms with van der Waals surface area (Å²) in [5.41, 5.74) is -1.52. The lowest BCUT2D eigenvalue weighted by Gasteiger charge is -2.17. The number of ketones is 1. The standard InChI is InChI=1S/C10H13NO4/c1-10(2,3)9(14)6-4-7(12)8(13)5-11(6)15/h4-5,13,15H,1-3H3. The Balaban J connectivity index is 3.34. The smallest absolute Gasteiger partial charge is 0.224 e. The van der Waals surface area contributed by atoms with Gasteiger partial charge in [0.2, 0.25) is 5.43 Å². The molecule has 1 rings (SSSR count). The minimum atomic E-state index is -0.701. The van der Waals surface area contributed by atoms with Crippen LogP contribution in [0.25, 0.3) is 0 Å². The van der Waals surface area contributed by atoms with E-state index in [0.717, 1.165) is 12.3 Å². The van der Waals surface area contributed by atoms with Gasteiger partial charge in [-0.15, -0.1) is 0 Å². The van der Waals surface area contributed by atoms with E-state index in [1.165, 1.54) is 0 Å². The largest absolute Gasteiger partial charge is 0.503 e. The molecule has 82 valence electrons. The van der Waals surface area contributed by atoms with Crippen molar-refractivity contribution in [3.63, 3.8) is 0 Å². The summed E-state index contributed by atoms with van der Waals surface area (Å²) in [7, 11) is 0. The maximum Gasteiger partial charge on any atom is 0.224 e. The van der Waals surface area contributed by atoms with Crippen molar-refractivity contribution in [2.24, 2.45) is 5.41 Å². The molecule has 0 saturated carbocycles. The second-order valence-corrected chi connectivity index (χ2v) is 4.33. The van der Waals surface area contributed by atoms with Gasteiger partial charge in [-0.05, 0) is 0 Å². The summed E-state index contributed by atoms with van der Waals surface area (Å²) in [6.45, 7) is 5.02. The second kappa shape index (κ2) is 3.42. The predicted octanol–water partition coefficient (Wildman–Crippen LogP) is 1.02. The molecule has 5 nitrogen and oxygen atoms in total. The molecular formula is C10H13NO4. The Morgan fingerprint density at radius 2 is 1.93 bits per heavy atom. The van der Waals surface area contributed by atoms with Gasteiger partial charge in [0.25, 0.3) is 0 Å². The van der Waals surface area contributed by atoms with Crippen LogP contribution in [-0.2, 0) is 0 Å². The first-order chi connectivity index (χ1) is 6.73. The highest BCUT2D eigenvalue weighted by Gasteiger charge is 2.26. The minimum Gasteiger partial charge on any atom is -0.503 e. The Morgan fingerprint density at radius 1 is 1.40 bits per heavy atom. The van der Waals surface area contributed by atoms with Gasteiger partial charge in [-0.25, -0.2) is 0 Å². The van der Waals surface area contributed by atoms with Crippen LogP contribution < -0.4 is 5.43 Å². The van der Waals surface area contributed by atoms with Crippen molar-refractivity contribution in [2.45, 2.75) is 20.8 Å². The maximum absolute atomic E-state index is 11.7. The average Bonchev–Trinajstić information content (AvgIpc) is 2.08. The molecule has 15 heavy (non-hydrogen) atoms. The van der Waals surface area contributed by atoms with E-state index in [1.54, 1.807) is 20.8 Å². The van der Waals surface area contributed by atoms with Crippen molar-refractivity contribution in [2.75, 3.05) is 0 Å². The molecule has 0 spiro atoms. The Morgan fingerprint density at radius 3 is 2.40 bits per heavy atom. The quantitative estimate of drug-likeness (QED) is 0.537. The lowest BCUT2D eigenvalue weighted by molar-refractivity contribution is 0.0801. The van der Waals surface area contributed by atoms with Gasteiger partial charge in [0, 0.05) is 11.5 Å². The van der Waals surface area contributed by atoms with Crippen LogP contribution >= 0.6 is 0 Å². The normalized spacial score (nSPS) is 11.4. The van der Waals surface area contributed by atoms with Gasteiger partial charge in [-0.1, -0.05) is 20.8 Å². The molecule has 5 heteroatoms. The number of aromatic hydroxyl groups is 1. The molecule has 0 unspecified atom stereocenters. The summed E-state index contributed by atoms with van der Waals surface area (Å²) in [5, 5.41) is 18.4. The van der Waals surface area contributed by atoms with Gasteiger partial charge < -0.3 is 10.3 Å². The third-order valence-corrected chi connectivity index (χ3v) is 1.93. The van der Waals surface area contributed by atoms with Crippen LogP contribution in [0.1, 0.15) is 31.3 Å². The van der Waals surface area contributed by atoms with Crippen molar-refractivity contribution < 1.29 is 15.1 Å². The molecule has 0 amide bonds. The van der Waals surface area contributed by atoms with Gasteiger partial charge in [-0.2, -0.15) is 4.73 Å². The summed E-state index contributed by atoms with van der Waals surface area (Å²) in [6, 6.07) is 0.920. The maximum atomic E-state index is 11.7. The van der Waals surface area contributed by atoms with Crippen LogP contribution in [0.3, 0.4) is 0 Å². The number of pyridine rings is 1. The van der Waals surface area contributed by atoms with Gasteiger partial charge in [0.15, 0.2) is 11.5 Å². The Bertz CT molecular complexity index is 453. The summed E-state index contributed by atoms with van der Waals surface area (Å²) >= 11 is 0. The molecule has 0 aliphatic heterocycles. The van der Waals surface area contributed by atoms with E-state index >= 15 is 0 Å². The van der Waals surface area contributed by atoms with Crippen molar-refractivity contribution in [3.05, 3.63) is 28.2 Å². The second-order valence-electron chi connectivity index (χ2n) is 4.33. The fraction of sp³-hybridized carbons (Fsp3) is 0.400. The monoisotopic (exact) mass is 211 g/mol. The van der Waals surface area contributed by atoms with Crippen molar-refractivity contribution in [1.29, 1.82) is 0 Å². The number of aromatic nitrogens is 1. The lowest BCUT2D eigenvalue weighted by Crippen LogP contribution is -2.25. The average molecular weight is 211 g/mol. The zero-order chi connectivity index (χ0) is 11.8. The van der Waals surface area contributed by atoms with E-state index in [9.17, 15) is 14.8 Å². The number of nitrogens with zero attached hydrogens (tertiary/aromatic N) is 1. The summed E-state index contributed by atoms with van der Waals surface area (Å²) < 4.78 is 0.463. The van der Waals surface area contributed by atoms with Crippen LogP contribution in [-0.4, -0.2) is 20.8 Å². The zero-order valence-electron chi connectivity index (χ0n) is 8.81. The Labute approximate surface area is 86.6 Å². The number of carbonyl (C=O) groups is 1. The molecule has 0 atom stereocenters. The predicted molar refractivity (Wildman–Crippen MR) is 53.3 cm³/mol. The Kier molecular flexibility index (Phi) is 2.57. The molecule has 0 radical (unpaired) electrons. The number of carbonyl (C=O) groups excluding carboxylic acids is 1. The zero-order valence-corrected chi connectivity index (χ0v) is 8.81. The highest BCUT2D eigenvalue weighted by molar-refractivity contribution is 5.98. The molecule has 0 saturated heterocycles. The third kappa shape index (κ3) is 2.18. The number of hydrogen-bond acceptors (Lipinski definition) is 4. The molecule has 0 aliphatic carbocycles. The highest BCUT2D eigenvalue weighted by atomic mass is 16.5.